The minimum Gasteiger partial charge on any atom is -0.356 e. The van der Waals surface area contributed by atoms with E-state index >= 15 is 0 Å². The highest BCUT2D eigenvalue weighted by Gasteiger charge is 2.03. The molecule has 0 radical (unpaired) electrons. The molecule has 0 spiro atoms. The molecule has 0 atom stereocenters. The summed E-state index contributed by atoms with van der Waals surface area (Å²) in [5.41, 5.74) is 1.35. The number of halogens is 1. The van der Waals surface area contributed by atoms with Crippen LogP contribution in [0.5, 0.6) is 0 Å². The molecule has 25 heavy (non-hydrogen) atoms. The molecule has 0 aliphatic rings. The molecule has 2 N–H and O–H groups in total. The predicted molar refractivity (Wildman–Crippen MR) is 118 cm³/mol. The van der Waals surface area contributed by atoms with Crippen LogP contribution in [0.4, 0.5) is 0 Å². The van der Waals surface area contributed by atoms with Crippen molar-refractivity contribution < 1.29 is 0 Å². The number of guanidine groups is 1. The van der Waals surface area contributed by atoms with E-state index in [1.165, 1.54) is 10.4 Å². The Morgan fingerprint density at radius 1 is 1.24 bits per heavy atom. The van der Waals surface area contributed by atoms with Gasteiger partial charge in [0.2, 0.25) is 0 Å². The van der Waals surface area contributed by atoms with Gasteiger partial charge in [-0.15, -0.1) is 35.3 Å². The van der Waals surface area contributed by atoms with E-state index in [0.29, 0.717) is 6.54 Å². The van der Waals surface area contributed by atoms with Crippen molar-refractivity contribution in [1.29, 1.82) is 0 Å². The summed E-state index contributed by atoms with van der Waals surface area (Å²) in [7, 11) is 3.95. The van der Waals surface area contributed by atoms with Crippen molar-refractivity contribution in [2.45, 2.75) is 26.4 Å². The standard InChI is InChI=1S/C18H27N5S.HI/c1-15-12-21-17(24-15)13-22-18(19-2)20-10-7-11-23(3)14-16-8-5-4-6-9-16;/h4-6,8-9,12H,7,10-11,13-14H2,1-3H3,(H2,19,20,22);1H. The van der Waals surface area contributed by atoms with E-state index in [1.54, 1.807) is 18.4 Å². The summed E-state index contributed by atoms with van der Waals surface area (Å²) >= 11 is 1.71. The Hall–Kier alpha value is -1.19. The highest BCUT2D eigenvalue weighted by Crippen LogP contribution is 2.10. The monoisotopic (exact) mass is 473 g/mol. The third-order valence-corrected chi connectivity index (χ3v) is 4.52. The summed E-state index contributed by atoms with van der Waals surface area (Å²) in [4.78, 5) is 12.2. The number of hydrogen-bond donors (Lipinski definition) is 2. The first-order valence-corrected chi connectivity index (χ1v) is 9.07. The third-order valence-electron chi connectivity index (χ3n) is 3.60. The first-order chi connectivity index (χ1) is 11.7. The second-order valence-corrected chi connectivity index (χ2v) is 7.11. The molecule has 0 amide bonds. The second kappa shape index (κ2) is 12.2. The van der Waals surface area contributed by atoms with Crippen molar-refractivity contribution >= 4 is 41.3 Å². The summed E-state index contributed by atoms with van der Waals surface area (Å²) in [5, 5.41) is 7.74. The summed E-state index contributed by atoms with van der Waals surface area (Å²) in [6.07, 6.45) is 2.97. The van der Waals surface area contributed by atoms with E-state index in [0.717, 1.165) is 37.0 Å². The van der Waals surface area contributed by atoms with E-state index in [9.17, 15) is 0 Å². The van der Waals surface area contributed by atoms with Gasteiger partial charge in [0.1, 0.15) is 5.01 Å². The van der Waals surface area contributed by atoms with E-state index in [1.807, 2.05) is 6.20 Å². The number of nitrogens with one attached hydrogen (secondary N) is 2. The summed E-state index contributed by atoms with van der Waals surface area (Å²) in [6, 6.07) is 10.6. The van der Waals surface area contributed by atoms with Crippen LogP contribution in [0.25, 0.3) is 0 Å². The van der Waals surface area contributed by atoms with Gasteiger partial charge in [0.15, 0.2) is 5.96 Å². The average Bonchev–Trinajstić information content (AvgIpc) is 3.00. The van der Waals surface area contributed by atoms with Crippen molar-refractivity contribution in [3.05, 3.63) is 52.0 Å². The Morgan fingerprint density at radius 3 is 2.64 bits per heavy atom. The van der Waals surface area contributed by atoms with Gasteiger partial charge in [-0.05, 0) is 32.5 Å². The van der Waals surface area contributed by atoms with E-state index in [2.05, 4.69) is 69.8 Å². The minimum absolute atomic E-state index is 0. The summed E-state index contributed by atoms with van der Waals surface area (Å²) in [5.74, 6) is 0.827. The maximum atomic E-state index is 4.35. The first-order valence-electron chi connectivity index (χ1n) is 8.25. The van der Waals surface area contributed by atoms with Crippen LogP contribution in [0.15, 0.2) is 41.5 Å². The molecule has 2 aromatic rings. The number of benzene rings is 1. The molecule has 0 bridgehead atoms. The zero-order chi connectivity index (χ0) is 17.2. The van der Waals surface area contributed by atoms with Gasteiger partial charge in [0.05, 0.1) is 6.54 Å². The number of aryl methyl sites for hydroxylation is 1. The molecule has 0 saturated heterocycles. The number of nitrogens with zero attached hydrogens (tertiary/aromatic N) is 3. The van der Waals surface area contributed by atoms with E-state index < -0.39 is 0 Å². The number of rotatable bonds is 8. The van der Waals surface area contributed by atoms with E-state index in [-0.39, 0.29) is 24.0 Å². The lowest BCUT2D eigenvalue weighted by atomic mass is 10.2. The number of aromatic nitrogens is 1. The summed E-state index contributed by atoms with van der Waals surface area (Å²) in [6.45, 7) is 5.71. The van der Waals surface area contributed by atoms with Crippen molar-refractivity contribution in [3.8, 4) is 0 Å². The van der Waals surface area contributed by atoms with Crippen LogP contribution in [0, 0.1) is 6.92 Å². The highest BCUT2D eigenvalue weighted by atomic mass is 127. The van der Waals surface area contributed by atoms with Gasteiger partial charge in [0, 0.05) is 31.2 Å². The zero-order valence-electron chi connectivity index (χ0n) is 15.2. The van der Waals surface area contributed by atoms with Gasteiger partial charge in [-0.3, -0.25) is 4.99 Å². The Morgan fingerprint density at radius 2 is 2.00 bits per heavy atom. The Kier molecular flexibility index (Phi) is 10.7. The molecule has 7 heteroatoms. The van der Waals surface area contributed by atoms with Crippen LogP contribution in [-0.2, 0) is 13.1 Å². The molecule has 0 fully saturated rings. The van der Waals surface area contributed by atoms with Gasteiger partial charge >= 0.3 is 0 Å². The fourth-order valence-corrected chi connectivity index (χ4v) is 3.12. The van der Waals surface area contributed by atoms with Crippen LogP contribution in [-0.4, -0.2) is 43.0 Å². The minimum atomic E-state index is 0. The lowest BCUT2D eigenvalue weighted by Crippen LogP contribution is -2.38. The molecule has 0 saturated carbocycles. The van der Waals surface area contributed by atoms with Crippen LogP contribution in [0.1, 0.15) is 21.9 Å². The lowest BCUT2D eigenvalue weighted by Gasteiger charge is -2.17. The van der Waals surface area contributed by atoms with Gasteiger partial charge in [-0.2, -0.15) is 0 Å². The molecule has 0 aliphatic carbocycles. The van der Waals surface area contributed by atoms with Crippen LogP contribution in [0.3, 0.4) is 0 Å². The molecular weight excluding hydrogens is 445 g/mol. The maximum absolute atomic E-state index is 4.35. The van der Waals surface area contributed by atoms with Crippen LogP contribution < -0.4 is 10.6 Å². The SMILES string of the molecule is CN=C(NCCCN(C)Cc1ccccc1)NCc1ncc(C)s1.I. The van der Waals surface area contributed by atoms with Crippen LogP contribution in [0.2, 0.25) is 0 Å². The van der Waals surface area contributed by atoms with Gasteiger partial charge in [0.25, 0.3) is 0 Å². The maximum Gasteiger partial charge on any atom is 0.191 e. The molecule has 1 aromatic carbocycles. The Bertz CT molecular complexity index is 629. The lowest BCUT2D eigenvalue weighted by molar-refractivity contribution is 0.322. The second-order valence-electron chi connectivity index (χ2n) is 5.79. The molecule has 1 aromatic heterocycles. The average molecular weight is 473 g/mol. The van der Waals surface area contributed by atoms with E-state index in [4.69, 9.17) is 0 Å². The van der Waals surface area contributed by atoms with Crippen LogP contribution >= 0.6 is 35.3 Å². The molecular formula is C18H28IN5S. The van der Waals surface area contributed by atoms with Gasteiger partial charge in [-0.25, -0.2) is 4.98 Å². The normalized spacial score (nSPS) is 11.3. The topological polar surface area (TPSA) is 52.6 Å². The molecule has 5 nitrogen and oxygen atoms in total. The first kappa shape index (κ1) is 21.9. The predicted octanol–water partition coefficient (Wildman–Crippen LogP) is 3.26. The molecule has 2 rings (SSSR count). The zero-order valence-corrected chi connectivity index (χ0v) is 18.3. The summed E-state index contributed by atoms with van der Waals surface area (Å²) < 4.78 is 0. The number of thiazole rings is 1. The molecule has 0 aliphatic heterocycles. The fraction of sp³-hybridized carbons (Fsp3) is 0.444. The largest absolute Gasteiger partial charge is 0.356 e. The highest BCUT2D eigenvalue weighted by molar-refractivity contribution is 14.0. The van der Waals surface area contributed by atoms with Gasteiger partial charge < -0.3 is 15.5 Å². The molecule has 138 valence electrons. The third kappa shape index (κ3) is 8.64. The van der Waals surface area contributed by atoms with Crippen molar-refractivity contribution in [1.82, 2.24) is 20.5 Å². The fourth-order valence-electron chi connectivity index (χ4n) is 2.39. The molecule has 1 heterocycles. The van der Waals surface area contributed by atoms with Crippen molar-refractivity contribution in [3.63, 3.8) is 0 Å². The molecule has 0 unspecified atom stereocenters. The number of aliphatic imine (C=N–C) groups is 1. The Labute approximate surface area is 172 Å². The van der Waals surface area contributed by atoms with Crippen molar-refractivity contribution in [2.75, 3.05) is 27.2 Å². The van der Waals surface area contributed by atoms with Crippen molar-refractivity contribution in [2.24, 2.45) is 4.99 Å². The Balaban J connectivity index is 0.00000312. The number of hydrogen-bond acceptors (Lipinski definition) is 4. The van der Waals surface area contributed by atoms with Gasteiger partial charge in [-0.1, -0.05) is 30.3 Å². The quantitative estimate of drug-likeness (QED) is 0.268. The smallest absolute Gasteiger partial charge is 0.191 e.